The van der Waals surface area contributed by atoms with Crippen LogP contribution in [-0.2, 0) is 16.6 Å². The normalized spacial score (nSPS) is 22.8. The van der Waals surface area contributed by atoms with E-state index in [9.17, 15) is 8.42 Å². The Kier molecular flexibility index (Phi) is 5.00. The molecule has 2 aliphatic rings. The molecule has 1 saturated heterocycles. The molecule has 1 aromatic rings. The summed E-state index contributed by atoms with van der Waals surface area (Å²) in [4.78, 5) is 0.195. The summed E-state index contributed by atoms with van der Waals surface area (Å²) in [6.07, 6.45) is 3.46. The predicted molar refractivity (Wildman–Crippen MR) is 86.9 cm³/mol. The van der Waals surface area contributed by atoms with E-state index >= 15 is 0 Å². The Labute approximate surface area is 137 Å². The fraction of sp³-hybridized carbons (Fsp3) is 0.692. The lowest BCUT2D eigenvalue weighted by atomic mass is 10.1. The van der Waals surface area contributed by atoms with Crippen LogP contribution in [0.5, 0.6) is 0 Å². The van der Waals surface area contributed by atoms with Crippen LogP contribution in [-0.4, -0.2) is 32.5 Å². The zero-order valence-electron chi connectivity index (χ0n) is 11.6. The van der Waals surface area contributed by atoms with E-state index in [4.69, 9.17) is 4.42 Å². The molecule has 1 atom stereocenters. The van der Waals surface area contributed by atoms with Gasteiger partial charge in [-0.15, -0.1) is 0 Å². The first-order chi connectivity index (χ1) is 10.0. The van der Waals surface area contributed by atoms with Gasteiger partial charge in [-0.25, -0.2) is 13.1 Å². The van der Waals surface area contributed by atoms with Crippen molar-refractivity contribution >= 4 is 37.7 Å². The van der Waals surface area contributed by atoms with Gasteiger partial charge in [-0.1, -0.05) is 0 Å². The molecule has 5 nitrogen and oxygen atoms in total. The summed E-state index contributed by atoms with van der Waals surface area (Å²) in [6.45, 7) is 1.07. The molecule has 1 aliphatic carbocycles. The van der Waals surface area contributed by atoms with E-state index in [-0.39, 0.29) is 9.56 Å². The Bertz CT molecular complexity index is 593. The van der Waals surface area contributed by atoms with Gasteiger partial charge in [-0.3, -0.25) is 0 Å². The Balaban J connectivity index is 1.62. The largest absolute Gasteiger partial charge is 0.452 e. The smallest absolute Gasteiger partial charge is 0.244 e. The third kappa shape index (κ3) is 4.25. The first-order valence-corrected chi connectivity index (χ1v) is 10.6. The molecule has 21 heavy (non-hydrogen) atoms. The number of nitrogens with one attached hydrogen (secondary N) is 2. The van der Waals surface area contributed by atoms with Crippen molar-refractivity contribution in [2.45, 2.75) is 36.7 Å². The summed E-state index contributed by atoms with van der Waals surface area (Å²) in [7, 11) is -3.51. The van der Waals surface area contributed by atoms with Gasteiger partial charge < -0.3 is 9.73 Å². The van der Waals surface area contributed by atoms with E-state index in [1.54, 1.807) is 6.07 Å². The molecule has 118 valence electrons. The Morgan fingerprint density at radius 1 is 1.38 bits per heavy atom. The number of halogens is 1. The van der Waals surface area contributed by atoms with Gasteiger partial charge in [0, 0.05) is 18.7 Å². The van der Waals surface area contributed by atoms with Crippen LogP contribution in [0.2, 0.25) is 0 Å². The van der Waals surface area contributed by atoms with Crippen LogP contribution in [0.25, 0.3) is 0 Å². The van der Waals surface area contributed by atoms with Crippen molar-refractivity contribution in [1.82, 2.24) is 10.0 Å². The highest BCUT2D eigenvalue weighted by molar-refractivity contribution is 9.10. The molecular weight excluding hydrogens is 376 g/mol. The number of hydrogen-bond acceptors (Lipinski definition) is 5. The zero-order valence-corrected chi connectivity index (χ0v) is 14.8. The molecule has 0 radical (unpaired) electrons. The molecule has 1 saturated carbocycles. The van der Waals surface area contributed by atoms with Crippen molar-refractivity contribution in [3.63, 3.8) is 0 Å². The second-order valence-corrected chi connectivity index (χ2v) is 9.19. The Morgan fingerprint density at radius 2 is 2.19 bits per heavy atom. The van der Waals surface area contributed by atoms with Crippen LogP contribution in [0.15, 0.2) is 20.0 Å². The van der Waals surface area contributed by atoms with Crippen LogP contribution in [0.4, 0.5) is 0 Å². The third-order valence-electron chi connectivity index (χ3n) is 3.72. The summed E-state index contributed by atoms with van der Waals surface area (Å²) in [5.41, 5.74) is 0. The molecule has 1 unspecified atom stereocenters. The van der Waals surface area contributed by atoms with Crippen molar-refractivity contribution in [2.75, 3.05) is 18.1 Å². The number of furan rings is 1. The fourth-order valence-electron chi connectivity index (χ4n) is 2.25. The second kappa shape index (κ2) is 6.62. The van der Waals surface area contributed by atoms with E-state index < -0.39 is 10.0 Å². The van der Waals surface area contributed by atoms with Crippen LogP contribution in [0, 0.1) is 5.92 Å². The molecule has 0 aromatic carbocycles. The van der Waals surface area contributed by atoms with Crippen molar-refractivity contribution < 1.29 is 12.8 Å². The fourth-order valence-corrected chi connectivity index (χ4v) is 5.65. The van der Waals surface area contributed by atoms with Gasteiger partial charge in [0.2, 0.25) is 10.0 Å². The number of rotatable bonds is 7. The average molecular weight is 395 g/mol. The summed E-state index contributed by atoms with van der Waals surface area (Å²) in [5.74, 6) is 3.24. The van der Waals surface area contributed by atoms with Gasteiger partial charge in [0.25, 0.3) is 0 Å². The highest BCUT2D eigenvalue weighted by Gasteiger charge is 2.26. The second-order valence-electron chi connectivity index (χ2n) is 5.59. The zero-order chi connectivity index (χ0) is 14.9. The molecule has 2 heterocycles. The summed E-state index contributed by atoms with van der Waals surface area (Å²) < 4.78 is 33.2. The maximum Gasteiger partial charge on any atom is 0.244 e. The molecule has 2 fully saturated rings. The minimum atomic E-state index is -3.51. The van der Waals surface area contributed by atoms with Gasteiger partial charge in [0.1, 0.15) is 10.7 Å². The molecule has 3 rings (SSSR count). The lowest BCUT2D eigenvalue weighted by Gasteiger charge is -2.09. The van der Waals surface area contributed by atoms with Gasteiger partial charge in [-0.2, -0.15) is 11.8 Å². The molecular formula is C13H19BrN2O3S2. The maximum atomic E-state index is 12.3. The van der Waals surface area contributed by atoms with E-state index in [2.05, 4.69) is 26.0 Å². The van der Waals surface area contributed by atoms with Crippen molar-refractivity contribution in [2.24, 2.45) is 5.92 Å². The standard InChI is InChI=1S/C13H19BrN2O3S2/c14-13-12(5-11(19-13)7-15-10-1-2-10)21(17,18)16-6-9-3-4-20-8-9/h5,9-10,15-16H,1-4,6-8H2. The minimum Gasteiger partial charge on any atom is -0.452 e. The molecule has 8 heteroatoms. The summed E-state index contributed by atoms with van der Waals surface area (Å²) in [6, 6.07) is 2.16. The lowest BCUT2D eigenvalue weighted by molar-refractivity contribution is 0.459. The van der Waals surface area contributed by atoms with Crippen LogP contribution >= 0.6 is 27.7 Å². The molecule has 0 spiro atoms. The van der Waals surface area contributed by atoms with Crippen LogP contribution in [0.1, 0.15) is 25.0 Å². The Morgan fingerprint density at radius 3 is 2.86 bits per heavy atom. The number of hydrogen-bond donors (Lipinski definition) is 2. The summed E-state index contributed by atoms with van der Waals surface area (Å²) >= 11 is 5.09. The first kappa shape index (κ1) is 15.9. The quantitative estimate of drug-likeness (QED) is 0.742. The first-order valence-electron chi connectivity index (χ1n) is 7.13. The highest BCUT2D eigenvalue weighted by atomic mass is 79.9. The molecule has 0 amide bonds. The van der Waals surface area contributed by atoms with Gasteiger partial charge in [0.05, 0.1) is 6.54 Å². The van der Waals surface area contributed by atoms with Gasteiger partial charge >= 0.3 is 0 Å². The van der Waals surface area contributed by atoms with E-state index in [0.29, 0.717) is 30.8 Å². The average Bonchev–Trinajstić information content (AvgIpc) is 2.97. The monoisotopic (exact) mass is 394 g/mol. The SMILES string of the molecule is O=S(=O)(NCC1CCSC1)c1cc(CNC2CC2)oc1Br. The van der Waals surface area contributed by atoms with Crippen molar-refractivity contribution in [3.8, 4) is 0 Å². The van der Waals surface area contributed by atoms with Crippen LogP contribution in [0.3, 0.4) is 0 Å². The lowest BCUT2D eigenvalue weighted by Crippen LogP contribution is -2.29. The molecule has 2 N–H and O–H groups in total. The van der Waals surface area contributed by atoms with Crippen molar-refractivity contribution in [3.05, 3.63) is 16.5 Å². The van der Waals surface area contributed by atoms with E-state index in [1.165, 1.54) is 12.8 Å². The molecule has 0 bridgehead atoms. The van der Waals surface area contributed by atoms with Gasteiger partial charge in [-0.05, 0) is 52.6 Å². The predicted octanol–water partition coefficient (Wildman–Crippen LogP) is 2.33. The number of sulfonamides is 1. The Hall–Kier alpha value is -0.0200. The maximum absolute atomic E-state index is 12.3. The number of thioether (sulfide) groups is 1. The van der Waals surface area contributed by atoms with Crippen LogP contribution < -0.4 is 10.0 Å². The van der Waals surface area contributed by atoms with Crippen molar-refractivity contribution in [1.29, 1.82) is 0 Å². The third-order valence-corrected chi connectivity index (χ3v) is 7.24. The van der Waals surface area contributed by atoms with E-state index in [0.717, 1.165) is 17.9 Å². The molecule has 1 aromatic heterocycles. The van der Waals surface area contributed by atoms with Gasteiger partial charge in [0.15, 0.2) is 4.67 Å². The summed E-state index contributed by atoms with van der Waals surface area (Å²) in [5, 5.41) is 3.31. The molecule has 1 aliphatic heterocycles. The topological polar surface area (TPSA) is 71.3 Å². The van der Waals surface area contributed by atoms with E-state index in [1.807, 2.05) is 11.8 Å². The highest BCUT2D eigenvalue weighted by Crippen LogP contribution is 2.28. The minimum absolute atomic E-state index is 0.195.